The van der Waals surface area contributed by atoms with Crippen LogP contribution in [-0.2, 0) is 10.0 Å². The second kappa shape index (κ2) is 5.77. The summed E-state index contributed by atoms with van der Waals surface area (Å²) in [6.45, 7) is 3.05. The van der Waals surface area contributed by atoms with E-state index in [1.165, 1.54) is 12.1 Å². The monoisotopic (exact) mass is 286 g/mol. The molecule has 1 heterocycles. The zero-order valence-electron chi connectivity index (χ0n) is 10.8. The summed E-state index contributed by atoms with van der Waals surface area (Å²) in [5.41, 5.74) is 5.58. The summed E-state index contributed by atoms with van der Waals surface area (Å²) in [5, 5.41) is 0. The minimum Gasteiger partial charge on any atom is -0.486 e. The van der Waals surface area contributed by atoms with Crippen LogP contribution in [0.15, 0.2) is 23.1 Å². The molecular formula is C12H18N2O4S. The summed E-state index contributed by atoms with van der Waals surface area (Å²) in [7, 11) is -3.53. The van der Waals surface area contributed by atoms with Crippen LogP contribution in [0, 0.1) is 0 Å². The number of fused-ring (bicyclic) bond motifs is 1. The van der Waals surface area contributed by atoms with Crippen molar-refractivity contribution in [1.82, 2.24) is 4.72 Å². The fourth-order valence-corrected chi connectivity index (χ4v) is 2.76. The largest absolute Gasteiger partial charge is 0.486 e. The van der Waals surface area contributed by atoms with Gasteiger partial charge in [-0.25, -0.2) is 13.1 Å². The van der Waals surface area contributed by atoms with Crippen LogP contribution in [0.25, 0.3) is 0 Å². The quantitative estimate of drug-likeness (QED) is 0.821. The van der Waals surface area contributed by atoms with Crippen molar-refractivity contribution in [3.63, 3.8) is 0 Å². The Kier molecular flexibility index (Phi) is 4.28. The Balaban J connectivity index is 2.12. The van der Waals surface area contributed by atoms with Gasteiger partial charge in [-0.2, -0.15) is 0 Å². The van der Waals surface area contributed by atoms with Gasteiger partial charge in [0.25, 0.3) is 0 Å². The Hall–Kier alpha value is -1.31. The lowest BCUT2D eigenvalue weighted by Crippen LogP contribution is -2.29. The highest BCUT2D eigenvalue weighted by atomic mass is 32.2. The molecule has 6 nitrogen and oxygen atoms in total. The molecule has 0 saturated carbocycles. The number of benzene rings is 1. The van der Waals surface area contributed by atoms with E-state index in [1.807, 2.05) is 6.92 Å². The number of rotatable bonds is 5. The molecule has 1 aliphatic rings. The van der Waals surface area contributed by atoms with Crippen molar-refractivity contribution in [2.24, 2.45) is 5.73 Å². The highest BCUT2D eigenvalue weighted by Crippen LogP contribution is 2.32. The molecule has 1 aliphatic heterocycles. The zero-order chi connectivity index (χ0) is 13.9. The minimum absolute atomic E-state index is 0.0389. The average molecular weight is 286 g/mol. The summed E-state index contributed by atoms with van der Waals surface area (Å²) in [5.74, 6) is 1.03. The molecule has 1 aromatic carbocycles. The lowest BCUT2D eigenvalue weighted by molar-refractivity contribution is 0.171. The zero-order valence-corrected chi connectivity index (χ0v) is 11.6. The van der Waals surface area contributed by atoms with Crippen LogP contribution in [-0.4, -0.2) is 34.2 Å². The van der Waals surface area contributed by atoms with Crippen LogP contribution in [0.2, 0.25) is 0 Å². The van der Waals surface area contributed by atoms with E-state index in [0.29, 0.717) is 37.7 Å². The second-order valence-corrected chi connectivity index (χ2v) is 6.24. The molecule has 1 atom stereocenters. The van der Waals surface area contributed by atoms with Gasteiger partial charge in [0.15, 0.2) is 11.5 Å². The Bertz CT molecular complexity index is 543. The Morgan fingerprint density at radius 3 is 2.68 bits per heavy atom. The fraction of sp³-hybridized carbons (Fsp3) is 0.500. The highest BCUT2D eigenvalue weighted by Gasteiger charge is 2.18. The predicted octanol–water partition coefficient (Wildman–Crippen LogP) is 0.473. The standard InChI is InChI=1S/C12H18N2O4S/c1-9(13)4-5-14-19(15,16)10-2-3-11-12(8-10)18-7-6-17-11/h2-3,8-9,14H,4-7,13H2,1H3. The third kappa shape index (κ3) is 3.59. The van der Waals surface area contributed by atoms with Crippen molar-refractivity contribution in [1.29, 1.82) is 0 Å². The molecule has 0 bridgehead atoms. The molecule has 0 spiro atoms. The maximum absolute atomic E-state index is 12.1. The molecular weight excluding hydrogens is 268 g/mol. The van der Waals surface area contributed by atoms with Crippen molar-refractivity contribution in [2.45, 2.75) is 24.3 Å². The van der Waals surface area contributed by atoms with E-state index in [1.54, 1.807) is 6.07 Å². The molecule has 1 unspecified atom stereocenters. The van der Waals surface area contributed by atoms with Crippen LogP contribution in [0.1, 0.15) is 13.3 Å². The van der Waals surface area contributed by atoms with Crippen LogP contribution >= 0.6 is 0 Å². The molecule has 106 valence electrons. The van der Waals surface area contributed by atoms with Gasteiger partial charge in [0.05, 0.1) is 4.90 Å². The number of ether oxygens (including phenoxy) is 2. The smallest absolute Gasteiger partial charge is 0.240 e. The Morgan fingerprint density at radius 2 is 2.00 bits per heavy atom. The maximum atomic E-state index is 12.1. The van der Waals surface area contributed by atoms with Crippen LogP contribution in [0.3, 0.4) is 0 Å². The van der Waals surface area contributed by atoms with Gasteiger partial charge in [-0.1, -0.05) is 0 Å². The van der Waals surface area contributed by atoms with Crippen molar-refractivity contribution in [3.8, 4) is 11.5 Å². The van der Waals surface area contributed by atoms with Gasteiger partial charge in [0.2, 0.25) is 10.0 Å². The molecule has 0 amide bonds. The summed E-state index contributed by atoms with van der Waals surface area (Å²) < 4.78 is 37.3. The number of hydrogen-bond donors (Lipinski definition) is 2. The normalized spacial score (nSPS) is 16.1. The van der Waals surface area contributed by atoms with Gasteiger partial charge in [0, 0.05) is 18.7 Å². The molecule has 0 radical (unpaired) electrons. The summed E-state index contributed by atoms with van der Waals surface area (Å²) in [6.07, 6.45) is 0.587. The first kappa shape index (κ1) is 14.1. The van der Waals surface area contributed by atoms with Crippen LogP contribution in [0.5, 0.6) is 11.5 Å². The lowest BCUT2D eigenvalue weighted by Gasteiger charge is -2.19. The molecule has 2 rings (SSSR count). The summed E-state index contributed by atoms with van der Waals surface area (Å²) in [6, 6.07) is 4.54. The SMILES string of the molecule is CC(N)CCNS(=O)(=O)c1ccc2c(c1)OCCO2. The van der Waals surface area contributed by atoms with E-state index in [2.05, 4.69) is 4.72 Å². The third-order valence-electron chi connectivity index (χ3n) is 2.72. The minimum atomic E-state index is -3.53. The number of hydrogen-bond acceptors (Lipinski definition) is 5. The van der Waals surface area contributed by atoms with E-state index in [-0.39, 0.29) is 10.9 Å². The summed E-state index contributed by atoms with van der Waals surface area (Å²) >= 11 is 0. The highest BCUT2D eigenvalue weighted by molar-refractivity contribution is 7.89. The maximum Gasteiger partial charge on any atom is 0.240 e. The van der Waals surface area contributed by atoms with E-state index >= 15 is 0 Å². The van der Waals surface area contributed by atoms with Gasteiger partial charge < -0.3 is 15.2 Å². The molecule has 7 heteroatoms. The first-order valence-electron chi connectivity index (χ1n) is 6.14. The number of nitrogens with two attached hydrogens (primary N) is 1. The topological polar surface area (TPSA) is 90.7 Å². The predicted molar refractivity (Wildman–Crippen MR) is 70.9 cm³/mol. The summed E-state index contributed by atoms with van der Waals surface area (Å²) in [4.78, 5) is 0.168. The van der Waals surface area contributed by atoms with Gasteiger partial charge >= 0.3 is 0 Å². The van der Waals surface area contributed by atoms with Crippen LogP contribution in [0.4, 0.5) is 0 Å². The van der Waals surface area contributed by atoms with Gasteiger partial charge in [-0.15, -0.1) is 0 Å². The first-order chi connectivity index (χ1) is 8.99. The molecule has 1 aromatic rings. The van der Waals surface area contributed by atoms with Crippen molar-refractivity contribution in [3.05, 3.63) is 18.2 Å². The van der Waals surface area contributed by atoms with Gasteiger partial charge in [-0.05, 0) is 25.5 Å². The van der Waals surface area contributed by atoms with Crippen molar-refractivity contribution >= 4 is 10.0 Å². The first-order valence-corrected chi connectivity index (χ1v) is 7.62. The molecule has 0 aliphatic carbocycles. The molecule has 0 saturated heterocycles. The van der Waals surface area contributed by atoms with E-state index < -0.39 is 10.0 Å². The Labute approximate surface area is 112 Å². The van der Waals surface area contributed by atoms with Crippen molar-refractivity contribution < 1.29 is 17.9 Å². The third-order valence-corrected chi connectivity index (χ3v) is 4.17. The molecule has 0 fully saturated rings. The average Bonchev–Trinajstić information content (AvgIpc) is 2.37. The molecule has 19 heavy (non-hydrogen) atoms. The van der Waals surface area contributed by atoms with Gasteiger partial charge in [-0.3, -0.25) is 0 Å². The molecule has 3 N–H and O–H groups in total. The molecule has 0 aromatic heterocycles. The van der Waals surface area contributed by atoms with Gasteiger partial charge in [0.1, 0.15) is 13.2 Å². The second-order valence-electron chi connectivity index (χ2n) is 4.47. The Morgan fingerprint density at radius 1 is 1.32 bits per heavy atom. The lowest BCUT2D eigenvalue weighted by atomic mass is 10.3. The number of nitrogens with one attached hydrogen (secondary N) is 1. The van der Waals surface area contributed by atoms with E-state index in [9.17, 15) is 8.42 Å². The van der Waals surface area contributed by atoms with Crippen molar-refractivity contribution in [2.75, 3.05) is 19.8 Å². The van der Waals surface area contributed by atoms with E-state index in [0.717, 1.165) is 0 Å². The van der Waals surface area contributed by atoms with E-state index in [4.69, 9.17) is 15.2 Å². The van der Waals surface area contributed by atoms with Crippen LogP contribution < -0.4 is 19.9 Å². The number of sulfonamides is 1. The fourth-order valence-electron chi connectivity index (χ4n) is 1.70.